The van der Waals surface area contributed by atoms with E-state index in [1.807, 2.05) is 0 Å². The monoisotopic (exact) mass is 330 g/mol. The fourth-order valence-electron chi connectivity index (χ4n) is 3.06. The van der Waals surface area contributed by atoms with Crippen LogP contribution in [-0.4, -0.2) is 17.9 Å². The van der Waals surface area contributed by atoms with Crippen molar-refractivity contribution in [3.8, 4) is 11.5 Å². The molecule has 2 nitrogen and oxygen atoms in total. The van der Waals surface area contributed by atoms with Gasteiger partial charge < -0.3 is 9.47 Å². The largest absolute Gasteiger partial charge is 0.481 e. The first-order valence-electron chi connectivity index (χ1n) is 7.91. The Balaban J connectivity index is 1.59. The zero-order chi connectivity index (χ0) is 14.9. The van der Waals surface area contributed by atoms with Gasteiger partial charge in [0, 0.05) is 10.6 Å². The van der Waals surface area contributed by atoms with E-state index in [9.17, 15) is 0 Å². The minimum Gasteiger partial charge on any atom is -0.481 e. The van der Waals surface area contributed by atoms with E-state index in [0.29, 0.717) is 8.58 Å². The van der Waals surface area contributed by atoms with Crippen molar-refractivity contribution in [2.45, 2.75) is 31.5 Å². The van der Waals surface area contributed by atoms with Gasteiger partial charge in [0.25, 0.3) is 0 Å². The van der Waals surface area contributed by atoms with Gasteiger partial charge in [-0.15, -0.1) is 0 Å². The minimum atomic E-state index is -0.284. The van der Waals surface area contributed by atoms with Crippen molar-refractivity contribution in [3.05, 3.63) is 48.5 Å². The molecule has 0 radical (unpaired) electrons. The summed E-state index contributed by atoms with van der Waals surface area (Å²) in [5.74, 6) is 2.53. The maximum atomic E-state index is 6.34. The van der Waals surface area contributed by atoms with Crippen LogP contribution in [-0.2, 0) is 0 Å². The van der Waals surface area contributed by atoms with Crippen molar-refractivity contribution >= 4 is 27.1 Å². The average molecular weight is 330 g/mol. The first-order chi connectivity index (χ1) is 10.9. The van der Waals surface area contributed by atoms with E-state index in [2.05, 4.69) is 55.5 Å². The second-order valence-electron chi connectivity index (χ2n) is 5.70. The summed E-state index contributed by atoms with van der Waals surface area (Å²) >= 11 is 0. The van der Waals surface area contributed by atoms with Crippen molar-refractivity contribution < 1.29 is 9.47 Å². The average Bonchev–Trinajstić information content (AvgIpc) is 3.14. The molecule has 2 aliphatic rings. The fourth-order valence-corrected chi connectivity index (χ4v) is 7.75. The normalized spacial score (nSPS) is 26.3. The third-order valence-corrected chi connectivity index (χ3v) is 8.67. The maximum Gasteiger partial charge on any atom is 0.162 e. The molecule has 4 heteroatoms. The van der Waals surface area contributed by atoms with Gasteiger partial charge in [-0.25, -0.2) is 0 Å². The second kappa shape index (κ2) is 6.19. The van der Waals surface area contributed by atoms with E-state index in [1.54, 1.807) is 0 Å². The van der Waals surface area contributed by atoms with Crippen LogP contribution >= 0.6 is 16.5 Å². The summed E-state index contributed by atoms with van der Waals surface area (Å²) in [4.78, 5) is 0. The number of benzene rings is 2. The lowest BCUT2D eigenvalue weighted by molar-refractivity contribution is 0.175. The highest BCUT2D eigenvalue weighted by atomic mass is 31.1. The van der Waals surface area contributed by atoms with Crippen LogP contribution in [0.15, 0.2) is 48.5 Å². The predicted molar refractivity (Wildman–Crippen MR) is 96.0 cm³/mol. The zero-order valence-corrected chi connectivity index (χ0v) is 14.6. The number of hydrogen-bond acceptors (Lipinski definition) is 2. The van der Waals surface area contributed by atoms with E-state index in [0.717, 1.165) is 11.5 Å². The molecule has 0 N–H and O–H groups in total. The number of para-hydroxylation sites is 2. The van der Waals surface area contributed by atoms with E-state index < -0.39 is 0 Å². The molecule has 2 aliphatic heterocycles. The summed E-state index contributed by atoms with van der Waals surface area (Å²) in [5, 5.41) is 2.78. The Morgan fingerprint density at radius 1 is 1.00 bits per heavy atom. The molecular formula is C18H20O2P2. The van der Waals surface area contributed by atoms with Gasteiger partial charge in [0.1, 0.15) is 11.5 Å². The summed E-state index contributed by atoms with van der Waals surface area (Å²) < 4.78 is 12.6. The van der Waals surface area contributed by atoms with E-state index in [-0.39, 0.29) is 19.6 Å². The van der Waals surface area contributed by atoms with Crippen LogP contribution in [0.2, 0.25) is 0 Å². The second-order valence-corrected chi connectivity index (χ2v) is 9.48. The molecule has 22 heavy (non-hydrogen) atoms. The minimum absolute atomic E-state index is 0.188. The van der Waals surface area contributed by atoms with Crippen LogP contribution in [0.4, 0.5) is 0 Å². The molecule has 0 aromatic heterocycles. The highest BCUT2D eigenvalue weighted by Gasteiger charge is 2.42. The molecule has 0 bridgehead atoms. The summed E-state index contributed by atoms with van der Waals surface area (Å²) in [6, 6.07) is 17.0. The lowest BCUT2D eigenvalue weighted by atomic mass is 10.3. The van der Waals surface area contributed by atoms with Crippen LogP contribution in [0.5, 0.6) is 11.5 Å². The first-order valence-corrected chi connectivity index (χ1v) is 10.6. The molecule has 0 spiro atoms. The van der Waals surface area contributed by atoms with Crippen molar-refractivity contribution in [3.63, 3.8) is 0 Å². The van der Waals surface area contributed by atoms with Gasteiger partial charge in [-0.1, -0.05) is 49.7 Å². The van der Waals surface area contributed by atoms with Crippen molar-refractivity contribution in [2.24, 2.45) is 0 Å². The van der Waals surface area contributed by atoms with Gasteiger partial charge in [0.05, 0.1) is 0 Å². The van der Waals surface area contributed by atoms with Crippen LogP contribution in [0.3, 0.4) is 0 Å². The van der Waals surface area contributed by atoms with Gasteiger partial charge in [-0.05, 0) is 41.2 Å². The third-order valence-electron chi connectivity index (χ3n) is 4.18. The van der Waals surface area contributed by atoms with E-state index in [1.165, 1.54) is 29.6 Å². The molecule has 4 rings (SSSR count). The van der Waals surface area contributed by atoms with Crippen molar-refractivity contribution in [1.82, 2.24) is 0 Å². The summed E-state index contributed by atoms with van der Waals surface area (Å²) in [7, 11) is 0.408. The number of unbranched alkanes of at least 4 members (excludes halogenated alkanes) is 1. The standard InChI is InChI=1S/C18H20O2P2/c1-2-3-12-22-16-11-7-5-9-14(16)20-18(22)17-19-13-8-4-6-10-15(13)21-17/h4-11,17-18,21H,2-3,12H2,1H3/t17-,18-,22-/m1/s1. The fraction of sp³-hybridized carbons (Fsp3) is 0.333. The predicted octanol–water partition coefficient (Wildman–Crippen LogP) is 4.03. The summed E-state index contributed by atoms with van der Waals surface area (Å²) in [6.07, 6.45) is 3.75. The molecule has 2 aromatic rings. The van der Waals surface area contributed by atoms with Crippen molar-refractivity contribution in [1.29, 1.82) is 0 Å². The maximum absolute atomic E-state index is 6.34. The third kappa shape index (κ3) is 2.53. The quantitative estimate of drug-likeness (QED) is 0.788. The van der Waals surface area contributed by atoms with Gasteiger partial charge in [-0.2, -0.15) is 0 Å². The SMILES string of the molecule is CCCC[P@]1c2ccccc2O[C@H]1[C@@H]1Oc2ccccc2P1. The van der Waals surface area contributed by atoms with E-state index in [4.69, 9.17) is 9.47 Å². The van der Waals surface area contributed by atoms with Crippen LogP contribution < -0.4 is 20.1 Å². The Kier molecular flexibility index (Phi) is 4.07. The molecule has 0 amide bonds. The molecule has 114 valence electrons. The van der Waals surface area contributed by atoms with Gasteiger partial charge in [0.2, 0.25) is 0 Å². The molecule has 0 saturated carbocycles. The first kappa shape index (κ1) is 14.5. The lowest BCUT2D eigenvalue weighted by Crippen LogP contribution is -2.28. The Hall–Kier alpha value is -1.10. The summed E-state index contributed by atoms with van der Waals surface area (Å²) in [5.41, 5.74) is 0. The molecule has 1 unspecified atom stereocenters. The Morgan fingerprint density at radius 3 is 2.59 bits per heavy atom. The van der Waals surface area contributed by atoms with Crippen LogP contribution in [0, 0.1) is 0 Å². The highest BCUT2D eigenvalue weighted by Crippen LogP contribution is 2.55. The van der Waals surface area contributed by atoms with Gasteiger partial charge in [-0.3, -0.25) is 0 Å². The van der Waals surface area contributed by atoms with Crippen LogP contribution in [0.25, 0.3) is 0 Å². The summed E-state index contributed by atoms with van der Waals surface area (Å²) in [6.45, 7) is 2.26. The Morgan fingerprint density at radius 2 is 1.77 bits per heavy atom. The molecular weight excluding hydrogens is 310 g/mol. The molecule has 0 fully saturated rings. The lowest BCUT2D eigenvalue weighted by Gasteiger charge is -2.24. The van der Waals surface area contributed by atoms with Crippen molar-refractivity contribution in [2.75, 3.05) is 6.16 Å². The number of ether oxygens (including phenoxy) is 2. The number of fused-ring (bicyclic) bond motifs is 2. The highest BCUT2D eigenvalue weighted by molar-refractivity contribution is 7.67. The number of rotatable bonds is 4. The Labute approximate surface area is 134 Å². The molecule has 2 aromatic carbocycles. The molecule has 0 aliphatic carbocycles. The van der Waals surface area contributed by atoms with Gasteiger partial charge >= 0.3 is 0 Å². The Bertz CT molecular complexity index is 649. The topological polar surface area (TPSA) is 18.5 Å². The van der Waals surface area contributed by atoms with Gasteiger partial charge in [0.15, 0.2) is 11.7 Å². The number of hydrogen-bond donors (Lipinski definition) is 0. The van der Waals surface area contributed by atoms with Crippen LogP contribution in [0.1, 0.15) is 19.8 Å². The molecule has 2 heterocycles. The smallest absolute Gasteiger partial charge is 0.162 e. The zero-order valence-electron chi connectivity index (χ0n) is 12.7. The van der Waals surface area contributed by atoms with E-state index >= 15 is 0 Å². The molecule has 0 saturated heterocycles. The molecule has 4 atom stereocenters.